The third kappa shape index (κ3) is 4.37. The molecule has 2 rings (SSSR count). The minimum atomic E-state index is -2.17. The summed E-state index contributed by atoms with van der Waals surface area (Å²) in [4.78, 5) is 9.56. The highest BCUT2D eigenvalue weighted by atomic mass is 32.2. The summed E-state index contributed by atoms with van der Waals surface area (Å²) in [5.41, 5.74) is 0.777. The summed E-state index contributed by atoms with van der Waals surface area (Å²) in [7, 11) is 0. The molecule has 2 aromatic heterocycles. The molecule has 7 heteroatoms. The van der Waals surface area contributed by atoms with E-state index in [1.54, 1.807) is 36.2 Å². The van der Waals surface area contributed by atoms with Crippen molar-refractivity contribution >= 4 is 34.2 Å². The second-order valence-electron chi connectivity index (χ2n) is 4.13. The highest BCUT2D eigenvalue weighted by Crippen LogP contribution is 2.29. The van der Waals surface area contributed by atoms with E-state index in [-0.39, 0.29) is 0 Å². The van der Waals surface area contributed by atoms with E-state index in [9.17, 15) is 8.76 Å². The highest BCUT2D eigenvalue weighted by Gasteiger charge is 2.06. The summed E-state index contributed by atoms with van der Waals surface area (Å²) in [5.74, 6) is 1.01. The molecular weight excluding hydrogens is 312 g/mol. The molecule has 0 spiro atoms. The largest absolute Gasteiger partial charge is 0.768 e. The molecular formula is C13H15N2O2S3-. The van der Waals surface area contributed by atoms with E-state index in [2.05, 4.69) is 16.9 Å². The molecule has 20 heavy (non-hydrogen) atoms. The molecule has 108 valence electrons. The molecule has 4 nitrogen and oxygen atoms in total. The van der Waals surface area contributed by atoms with Gasteiger partial charge in [0, 0.05) is 11.9 Å². The number of aromatic nitrogens is 2. The Hall–Kier alpha value is -0.760. The van der Waals surface area contributed by atoms with Crippen LogP contribution >= 0.6 is 23.1 Å². The van der Waals surface area contributed by atoms with E-state index in [1.807, 2.05) is 0 Å². The third-order valence-corrected chi connectivity index (χ3v) is 5.58. The predicted octanol–water partition coefficient (Wildman–Crippen LogP) is 3.73. The van der Waals surface area contributed by atoms with Crippen molar-refractivity contribution in [2.75, 3.05) is 5.75 Å². The van der Waals surface area contributed by atoms with Gasteiger partial charge in [0.25, 0.3) is 0 Å². The summed E-state index contributed by atoms with van der Waals surface area (Å²) in [5, 5.41) is 0.747. The first-order valence-electron chi connectivity index (χ1n) is 6.36. The number of hydrogen-bond donors (Lipinski definition) is 0. The topological polar surface area (TPSA) is 65.9 Å². The maximum Gasteiger partial charge on any atom is 0.188 e. The Kier molecular flexibility index (Phi) is 6.15. The molecule has 2 heterocycles. The van der Waals surface area contributed by atoms with Gasteiger partial charge in [-0.2, -0.15) is 0 Å². The lowest BCUT2D eigenvalue weighted by molar-refractivity contribution is 0.539. The molecule has 1 atom stereocenters. The number of thioether (sulfide) groups is 1. The second kappa shape index (κ2) is 7.87. The predicted molar refractivity (Wildman–Crippen MR) is 82.8 cm³/mol. The van der Waals surface area contributed by atoms with Crippen LogP contribution in [-0.2, 0) is 11.1 Å². The van der Waals surface area contributed by atoms with Crippen molar-refractivity contribution in [3.05, 3.63) is 24.4 Å². The number of hydrogen-bond acceptors (Lipinski definition) is 6. The fourth-order valence-corrected chi connectivity index (χ4v) is 3.87. The SMILES string of the molecule is CCCCCSc1nccc(-c2ccc(S(=O)[O-])s2)n1. The lowest BCUT2D eigenvalue weighted by atomic mass is 10.3. The molecule has 0 saturated carbocycles. The quantitative estimate of drug-likeness (QED) is 0.335. The van der Waals surface area contributed by atoms with E-state index < -0.39 is 11.1 Å². The fourth-order valence-electron chi connectivity index (χ4n) is 1.61. The van der Waals surface area contributed by atoms with Gasteiger partial charge in [-0.15, -0.1) is 11.3 Å². The van der Waals surface area contributed by atoms with Gasteiger partial charge in [-0.3, -0.25) is 4.21 Å². The fraction of sp³-hybridized carbons (Fsp3) is 0.385. The first-order chi connectivity index (χ1) is 9.70. The van der Waals surface area contributed by atoms with Crippen LogP contribution in [0.5, 0.6) is 0 Å². The average molecular weight is 327 g/mol. The lowest BCUT2D eigenvalue weighted by Crippen LogP contribution is -1.89. The van der Waals surface area contributed by atoms with Crippen molar-refractivity contribution in [1.82, 2.24) is 9.97 Å². The van der Waals surface area contributed by atoms with Crippen molar-refractivity contribution in [2.24, 2.45) is 0 Å². The van der Waals surface area contributed by atoms with E-state index >= 15 is 0 Å². The maximum absolute atomic E-state index is 10.9. The lowest BCUT2D eigenvalue weighted by Gasteiger charge is -2.02. The Balaban J connectivity index is 2.06. The van der Waals surface area contributed by atoms with Crippen molar-refractivity contribution in [3.63, 3.8) is 0 Å². The van der Waals surface area contributed by atoms with Crippen LogP contribution in [0, 0.1) is 0 Å². The van der Waals surface area contributed by atoms with Crippen LogP contribution in [0.2, 0.25) is 0 Å². The first-order valence-corrected chi connectivity index (χ1v) is 9.23. The van der Waals surface area contributed by atoms with E-state index in [1.165, 1.54) is 24.2 Å². The Morgan fingerprint density at radius 2 is 2.20 bits per heavy atom. The van der Waals surface area contributed by atoms with Gasteiger partial charge in [0.1, 0.15) is 0 Å². The molecule has 0 aliphatic rings. The van der Waals surface area contributed by atoms with Crippen LogP contribution in [0.1, 0.15) is 26.2 Å². The molecule has 0 N–H and O–H groups in total. The van der Waals surface area contributed by atoms with Gasteiger partial charge in [0.05, 0.1) is 14.8 Å². The number of nitrogens with zero attached hydrogens (tertiary/aromatic N) is 2. The van der Waals surface area contributed by atoms with Gasteiger partial charge in [-0.05, 0) is 35.7 Å². The van der Waals surface area contributed by atoms with Crippen LogP contribution in [0.15, 0.2) is 33.8 Å². The molecule has 0 fully saturated rings. The van der Waals surface area contributed by atoms with Gasteiger partial charge in [-0.1, -0.05) is 31.5 Å². The molecule has 0 amide bonds. The van der Waals surface area contributed by atoms with Crippen LogP contribution in [-0.4, -0.2) is 24.5 Å². The summed E-state index contributed by atoms with van der Waals surface area (Å²) in [6.07, 6.45) is 5.30. The van der Waals surface area contributed by atoms with Crippen molar-refractivity contribution in [3.8, 4) is 10.6 Å². The highest BCUT2D eigenvalue weighted by molar-refractivity contribution is 7.99. The Labute approximate surface area is 129 Å². The summed E-state index contributed by atoms with van der Waals surface area (Å²) < 4.78 is 22.1. The maximum atomic E-state index is 10.9. The molecule has 2 aromatic rings. The zero-order valence-electron chi connectivity index (χ0n) is 11.1. The molecule has 0 saturated heterocycles. The zero-order chi connectivity index (χ0) is 14.4. The minimum Gasteiger partial charge on any atom is -0.768 e. The van der Waals surface area contributed by atoms with Gasteiger partial charge >= 0.3 is 0 Å². The third-order valence-electron chi connectivity index (χ3n) is 2.61. The molecule has 0 aliphatic heterocycles. The Morgan fingerprint density at radius 1 is 1.35 bits per heavy atom. The van der Waals surface area contributed by atoms with Crippen LogP contribution in [0.25, 0.3) is 10.6 Å². The molecule has 0 bridgehead atoms. The monoisotopic (exact) mass is 327 g/mol. The smallest absolute Gasteiger partial charge is 0.188 e. The zero-order valence-corrected chi connectivity index (χ0v) is 13.5. The molecule has 0 aromatic carbocycles. The van der Waals surface area contributed by atoms with Gasteiger partial charge in [0.15, 0.2) is 5.16 Å². The number of thiophene rings is 1. The summed E-state index contributed by atoms with van der Waals surface area (Å²) in [6, 6.07) is 5.18. The van der Waals surface area contributed by atoms with Crippen LogP contribution in [0.3, 0.4) is 0 Å². The summed E-state index contributed by atoms with van der Waals surface area (Å²) in [6.45, 7) is 2.18. The van der Waals surface area contributed by atoms with Crippen molar-refractivity contribution in [2.45, 2.75) is 35.6 Å². The Bertz CT molecular complexity index is 587. The van der Waals surface area contributed by atoms with Gasteiger partial charge in [0.2, 0.25) is 0 Å². The molecule has 0 radical (unpaired) electrons. The standard InChI is InChI=1S/C13H16N2O2S3/c1-2-3-4-9-18-13-14-8-7-10(15-13)11-5-6-12(19-11)20(16)17/h5-8H,2-4,9H2,1H3,(H,16,17)/p-1. The van der Waals surface area contributed by atoms with Crippen molar-refractivity contribution in [1.29, 1.82) is 0 Å². The molecule has 1 unspecified atom stereocenters. The van der Waals surface area contributed by atoms with E-state index in [0.29, 0.717) is 4.21 Å². The number of unbranched alkanes of at least 4 members (excludes halogenated alkanes) is 2. The molecule has 0 aliphatic carbocycles. The van der Waals surface area contributed by atoms with Gasteiger partial charge in [-0.25, -0.2) is 9.97 Å². The number of rotatable bonds is 7. The average Bonchev–Trinajstić information content (AvgIpc) is 2.94. The second-order valence-corrected chi connectivity index (χ2v) is 7.45. The van der Waals surface area contributed by atoms with Crippen LogP contribution in [0.4, 0.5) is 0 Å². The van der Waals surface area contributed by atoms with E-state index in [4.69, 9.17) is 0 Å². The minimum absolute atomic E-state index is 0.329. The van der Waals surface area contributed by atoms with Gasteiger partial charge < -0.3 is 4.55 Å². The Morgan fingerprint density at radius 3 is 2.90 bits per heavy atom. The van der Waals surface area contributed by atoms with E-state index in [0.717, 1.165) is 27.9 Å². The normalized spacial score (nSPS) is 12.5. The summed E-state index contributed by atoms with van der Waals surface area (Å²) >= 11 is 0.691. The van der Waals surface area contributed by atoms with Crippen LogP contribution < -0.4 is 0 Å². The van der Waals surface area contributed by atoms with Crippen molar-refractivity contribution < 1.29 is 8.76 Å². The first kappa shape index (κ1) is 15.6.